The maximum absolute atomic E-state index is 13.6. The summed E-state index contributed by atoms with van der Waals surface area (Å²) in [5.41, 5.74) is 6.77. The van der Waals surface area contributed by atoms with Crippen molar-refractivity contribution in [3.8, 4) is 5.75 Å². The van der Waals surface area contributed by atoms with E-state index < -0.39 is 11.7 Å². The molecule has 0 fully saturated rings. The van der Waals surface area contributed by atoms with Crippen LogP contribution in [0.25, 0.3) is 0 Å². The molecule has 0 radical (unpaired) electrons. The maximum Gasteiger partial charge on any atom is 0.254 e. The number of nitrogens with two attached hydrogens (primary N) is 1. The number of nitrogens with one attached hydrogen (secondary N) is 1. The van der Waals surface area contributed by atoms with Gasteiger partial charge in [0.25, 0.3) is 5.91 Å². The van der Waals surface area contributed by atoms with Crippen LogP contribution in [0.3, 0.4) is 0 Å². The number of hydrogen-bond donors (Lipinski definition) is 2. The fraction of sp³-hybridized carbons (Fsp3) is 0.188. The van der Waals surface area contributed by atoms with Gasteiger partial charge in [-0.25, -0.2) is 4.39 Å². The second-order valence-corrected chi connectivity index (χ2v) is 4.60. The molecule has 2 aromatic rings. The van der Waals surface area contributed by atoms with Crippen LogP contribution in [-0.2, 0) is 6.42 Å². The van der Waals surface area contributed by atoms with Crippen LogP contribution < -0.4 is 15.8 Å². The first-order valence-electron chi connectivity index (χ1n) is 6.56. The largest absolute Gasteiger partial charge is 0.497 e. The molecule has 0 aromatic heterocycles. The Hall–Kier alpha value is -2.56. The Labute approximate surface area is 122 Å². The average molecular weight is 288 g/mol. The van der Waals surface area contributed by atoms with Gasteiger partial charge in [0.15, 0.2) is 0 Å². The van der Waals surface area contributed by atoms with Gasteiger partial charge in [-0.05, 0) is 42.3 Å². The number of benzene rings is 2. The predicted molar refractivity (Wildman–Crippen MR) is 79.8 cm³/mol. The number of carbonyl (C=O) groups excluding carboxylic acids is 1. The monoisotopic (exact) mass is 288 g/mol. The van der Waals surface area contributed by atoms with Gasteiger partial charge < -0.3 is 15.8 Å². The lowest BCUT2D eigenvalue weighted by Crippen LogP contribution is -2.26. The minimum absolute atomic E-state index is 0.00478. The highest BCUT2D eigenvalue weighted by Crippen LogP contribution is 2.13. The molecule has 5 heteroatoms. The molecule has 0 aliphatic carbocycles. The molecular formula is C16H17FN2O2. The molecule has 0 bridgehead atoms. The van der Waals surface area contributed by atoms with Crippen LogP contribution in [0.1, 0.15) is 15.9 Å². The number of hydrogen-bond acceptors (Lipinski definition) is 3. The zero-order valence-corrected chi connectivity index (χ0v) is 11.7. The third kappa shape index (κ3) is 3.95. The zero-order chi connectivity index (χ0) is 15.2. The van der Waals surface area contributed by atoms with E-state index in [0.29, 0.717) is 18.7 Å². The summed E-state index contributed by atoms with van der Waals surface area (Å²) in [6.45, 7) is 0.413. The molecular weight excluding hydrogens is 271 g/mol. The Balaban J connectivity index is 1.92. The second kappa shape index (κ2) is 6.74. The number of amides is 1. The molecule has 0 unspecified atom stereocenters. The molecule has 1 amide bonds. The fourth-order valence-electron chi connectivity index (χ4n) is 1.96. The third-order valence-corrected chi connectivity index (χ3v) is 3.07. The van der Waals surface area contributed by atoms with Gasteiger partial charge in [-0.2, -0.15) is 0 Å². The summed E-state index contributed by atoms with van der Waals surface area (Å²) >= 11 is 0. The van der Waals surface area contributed by atoms with Gasteiger partial charge in [0.2, 0.25) is 0 Å². The van der Waals surface area contributed by atoms with Crippen LogP contribution in [0, 0.1) is 5.82 Å². The number of methoxy groups -OCH3 is 1. The summed E-state index contributed by atoms with van der Waals surface area (Å²) in [5, 5.41) is 2.68. The van der Waals surface area contributed by atoms with Gasteiger partial charge in [-0.1, -0.05) is 12.1 Å². The molecule has 0 atom stereocenters. The number of halogens is 1. The predicted octanol–water partition coefficient (Wildman–Crippen LogP) is 2.39. The number of carbonyl (C=O) groups is 1. The SMILES string of the molecule is COc1cccc(CCNC(=O)c2ccc(N)cc2F)c1. The molecule has 2 rings (SSSR count). The molecule has 0 saturated heterocycles. The summed E-state index contributed by atoms with van der Waals surface area (Å²) in [5.74, 6) is -0.298. The first-order valence-corrected chi connectivity index (χ1v) is 6.56. The molecule has 0 aliphatic rings. The Bertz CT molecular complexity index is 644. The van der Waals surface area contributed by atoms with Gasteiger partial charge in [-0.3, -0.25) is 4.79 Å². The summed E-state index contributed by atoms with van der Waals surface area (Å²) in [4.78, 5) is 11.9. The molecule has 110 valence electrons. The first-order chi connectivity index (χ1) is 10.1. The van der Waals surface area contributed by atoms with Crippen LogP contribution in [0.4, 0.5) is 10.1 Å². The molecule has 3 N–H and O–H groups in total. The van der Waals surface area contributed by atoms with Crippen LogP contribution in [0.15, 0.2) is 42.5 Å². The van der Waals surface area contributed by atoms with E-state index in [-0.39, 0.29) is 5.56 Å². The van der Waals surface area contributed by atoms with E-state index in [1.165, 1.54) is 12.1 Å². The highest BCUT2D eigenvalue weighted by atomic mass is 19.1. The number of anilines is 1. The molecule has 21 heavy (non-hydrogen) atoms. The molecule has 0 aliphatic heterocycles. The normalized spacial score (nSPS) is 10.2. The lowest BCUT2D eigenvalue weighted by molar-refractivity contribution is 0.0950. The number of nitrogen functional groups attached to an aromatic ring is 1. The van der Waals surface area contributed by atoms with Crippen molar-refractivity contribution in [2.45, 2.75) is 6.42 Å². The van der Waals surface area contributed by atoms with Crippen molar-refractivity contribution in [1.82, 2.24) is 5.32 Å². The van der Waals surface area contributed by atoms with Crippen LogP contribution >= 0.6 is 0 Å². The minimum Gasteiger partial charge on any atom is -0.497 e. The van der Waals surface area contributed by atoms with Crippen molar-refractivity contribution >= 4 is 11.6 Å². The van der Waals surface area contributed by atoms with E-state index in [4.69, 9.17) is 10.5 Å². The lowest BCUT2D eigenvalue weighted by atomic mass is 10.1. The van der Waals surface area contributed by atoms with E-state index in [9.17, 15) is 9.18 Å². The standard InChI is InChI=1S/C16H17FN2O2/c1-21-13-4-2-3-11(9-13)7-8-19-16(20)14-6-5-12(18)10-15(14)17/h2-6,9-10H,7-8,18H2,1H3,(H,19,20). The second-order valence-electron chi connectivity index (χ2n) is 4.60. The minimum atomic E-state index is -0.617. The Morgan fingerprint density at radius 1 is 1.29 bits per heavy atom. The van der Waals surface area contributed by atoms with Gasteiger partial charge in [0, 0.05) is 12.2 Å². The first kappa shape index (κ1) is 14.8. The van der Waals surface area contributed by atoms with Crippen LogP contribution in [-0.4, -0.2) is 19.6 Å². The lowest BCUT2D eigenvalue weighted by Gasteiger charge is -2.07. The smallest absolute Gasteiger partial charge is 0.254 e. The summed E-state index contributed by atoms with van der Waals surface area (Å²) in [6.07, 6.45) is 0.638. The van der Waals surface area contributed by atoms with Crippen molar-refractivity contribution in [3.63, 3.8) is 0 Å². The fourth-order valence-corrected chi connectivity index (χ4v) is 1.96. The highest BCUT2D eigenvalue weighted by molar-refractivity contribution is 5.94. The van der Waals surface area contributed by atoms with E-state index in [1.807, 2.05) is 24.3 Å². The highest BCUT2D eigenvalue weighted by Gasteiger charge is 2.11. The van der Waals surface area contributed by atoms with Crippen molar-refractivity contribution < 1.29 is 13.9 Å². The van der Waals surface area contributed by atoms with Crippen LogP contribution in [0.2, 0.25) is 0 Å². The summed E-state index contributed by atoms with van der Waals surface area (Å²) in [6, 6.07) is 11.6. The Morgan fingerprint density at radius 3 is 2.81 bits per heavy atom. The van der Waals surface area contributed by atoms with Crippen molar-refractivity contribution in [3.05, 3.63) is 59.4 Å². The van der Waals surface area contributed by atoms with E-state index in [0.717, 1.165) is 17.4 Å². The van der Waals surface area contributed by atoms with Gasteiger partial charge in [-0.15, -0.1) is 0 Å². The van der Waals surface area contributed by atoms with Crippen molar-refractivity contribution in [2.75, 3.05) is 19.4 Å². The molecule has 0 saturated carbocycles. The topological polar surface area (TPSA) is 64.3 Å². The maximum atomic E-state index is 13.6. The van der Waals surface area contributed by atoms with E-state index in [2.05, 4.69) is 5.32 Å². The zero-order valence-electron chi connectivity index (χ0n) is 11.7. The van der Waals surface area contributed by atoms with Gasteiger partial charge >= 0.3 is 0 Å². The Morgan fingerprint density at radius 2 is 2.10 bits per heavy atom. The van der Waals surface area contributed by atoms with E-state index >= 15 is 0 Å². The summed E-state index contributed by atoms with van der Waals surface area (Å²) < 4.78 is 18.7. The number of ether oxygens (including phenoxy) is 1. The Kier molecular flexibility index (Phi) is 4.77. The summed E-state index contributed by atoms with van der Waals surface area (Å²) in [7, 11) is 1.60. The van der Waals surface area contributed by atoms with Gasteiger partial charge in [0.05, 0.1) is 12.7 Å². The van der Waals surface area contributed by atoms with Crippen molar-refractivity contribution in [1.29, 1.82) is 0 Å². The molecule has 0 spiro atoms. The van der Waals surface area contributed by atoms with Crippen molar-refractivity contribution in [2.24, 2.45) is 0 Å². The van der Waals surface area contributed by atoms with Gasteiger partial charge in [0.1, 0.15) is 11.6 Å². The average Bonchev–Trinajstić information content (AvgIpc) is 2.47. The molecule has 4 nitrogen and oxygen atoms in total. The quantitative estimate of drug-likeness (QED) is 0.830. The number of rotatable bonds is 5. The molecule has 0 heterocycles. The van der Waals surface area contributed by atoms with Crippen LogP contribution in [0.5, 0.6) is 5.75 Å². The molecule has 2 aromatic carbocycles. The van der Waals surface area contributed by atoms with E-state index in [1.54, 1.807) is 7.11 Å². The third-order valence-electron chi connectivity index (χ3n) is 3.07.